The molecule has 1 aromatic carbocycles. The number of unbranched alkanes of at least 4 members (excludes halogenated alkanes) is 5. The van der Waals surface area contributed by atoms with Gasteiger partial charge in [0.05, 0.1) is 5.92 Å². The molecule has 0 spiro atoms. The SMILES string of the molecule is CCCCC(CCCCCCCc1ccccc1)C(=O)O. The molecule has 0 bridgehead atoms. The molecule has 0 radical (unpaired) electrons. The molecule has 1 unspecified atom stereocenters. The van der Waals surface area contributed by atoms with Crippen LogP contribution in [0.15, 0.2) is 30.3 Å². The van der Waals surface area contributed by atoms with Gasteiger partial charge in [0.15, 0.2) is 0 Å². The average Bonchev–Trinajstić information content (AvgIpc) is 2.50. The summed E-state index contributed by atoms with van der Waals surface area (Å²) >= 11 is 0. The van der Waals surface area contributed by atoms with Crippen molar-refractivity contribution in [3.05, 3.63) is 35.9 Å². The highest BCUT2D eigenvalue weighted by atomic mass is 16.4. The lowest BCUT2D eigenvalue weighted by molar-refractivity contribution is -0.142. The zero-order valence-corrected chi connectivity index (χ0v) is 13.4. The van der Waals surface area contributed by atoms with Gasteiger partial charge < -0.3 is 5.11 Å². The molecular formula is C19H30O2. The largest absolute Gasteiger partial charge is 0.481 e. The van der Waals surface area contributed by atoms with Crippen molar-refractivity contribution < 1.29 is 9.90 Å². The highest BCUT2D eigenvalue weighted by Gasteiger charge is 2.15. The number of hydrogen-bond acceptors (Lipinski definition) is 1. The molecule has 1 atom stereocenters. The first kappa shape index (κ1) is 17.7. The van der Waals surface area contributed by atoms with Crippen molar-refractivity contribution in [3.63, 3.8) is 0 Å². The maximum absolute atomic E-state index is 11.1. The first-order valence-electron chi connectivity index (χ1n) is 8.50. The number of carboxylic acid groups (broad SMARTS) is 1. The quantitative estimate of drug-likeness (QED) is 0.519. The lowest BCUT2D eigenvalue weighted by Crippen LogP contribution is -2.13. The minimum atomic E-state index is -0.604. The molecule has 0 saturated heterocycles. The fraction of sp³-hybridized carbons (Fsp3) is 0.632. The Morgan fingerprint density at radius 2 is 1.57 bits per heavy atom. The summed E-state index contributed by atoms with van der Waals surface area (Å²) in [6.07, 6.45) is 10.9. The van der Waals surface area contributed by atoms with E-state index in [-0.39, 0.29) is 5.92 Å². The summed E-state index contributed by atoms with van der Waals surface area (Å²) in [4.78, 5) is 11.1. The van der Waals surface area contributed by atoms with E-state index in [1.165, 1.54) is 31.2 Å². The Morgan fingerprint density at radius 1 is 0.952 bits per heavy atom. The summed E-state index contributed by atoms with van der Waals surface area (Å²) in [5.41, 5.74) is 1.42. The molecule has 2 nitrogen and oxygen atoms in total. The number of carboxylic acids is 1. The van der Waals surface area contributed by atoms with E-state index in [9.17, 15) is 4.79 Å². The summed E-state index contributed by atoms with van der Waals surface area (Å²) in [6.45, 7) is 2.12. The van der Waals surface area contributed by atoms with Gasteiger partial charge in [-0.25, -0.2) is 0 Å². The van der Waals surface area contributed by atoms with E-state index in [0.717, 1.165) is 38.5 Å². The van der Waals surface area contributed by atoms with Crippen molar-refractivity contribution >= 4 is 5.97 Å². The Labute approximate surface area is 129 Å². The number of carbonyl (C=O) groups is 1. The van der Waals surface area contributed by atoms with Crippen LogP contribution in [-0.4, -0.2) is 11.1 Å². The van der Waals surface area contributed by atoms with Crippen LogP contribution in [0.2, 0.25) is 0 Å². The van der Waals surface area contributed by atoms with E-state index < -0.39 is 5.97 Å². The van der Waals surface area contributed by atoms with E-state index in [1.807, 2.05) is 0 Å². The van der Waals surface area contributed by atoms with Crippen molar-refractivity contribution in [2.24, 2.45) is 5.92 Å². The molecule has 0 aliphatic rings. The maximum atomic E-state index is 11.1. The summed E-state index contributed by atoms with van der Waals surface area (Å²) in [7, 11) is 0. The molecule has 21 heavy (non-hydrogen) atoms. The van der Waals surface area contributed by atoms with Crippen LogP contribution in [0.1, 0.15) is 70.3 Å². The number of hydrogen-bond donors (Lipinski definition) is 1. The second-order valence-electron chi connectivity index (χ2n) is 5.97. The molecule has 0 aliphatic carbocycles. The van der Waals surface area contributed by atoms with Crippen molar-refractivity contribution in [1.82, 2.24) is 0 Å². The van der Waals surface area contributed by atoms with E-state index in [2.05, 4.69) is 37.3 Å². The smallest absolute Gasteiger partial charge is 0.306 e. The second kappa shape index (κ2) is 11.4. The molecule has 0 heterocycles. The van der Waals surface area contributed by atoms with Crippen molar-refractivity contribution in [1.29, 1.82) is 0 Å². The van der Waals surface area contributed by atoms with Gasteiger partial charge in [-0.1, -0.05) is 75.8 Å². The van der Waals surface area contributed by atoms with Gasteiger partial charge in [0.1, 0.15) is 0 Å². The van der Waals surface area contributed by atoms with Crippen LogP contribution in [0.25, 0.3) is 0 Å². The Kier molecular flexibility index (Phi) is 9.60. The van der Waals surface area contributed by atoms with Gasteiger partial charge in [0, 0.05) is 0 Å². The highest BCUT2D eigenvalue weighted by molar-refractivity contribution is 5.69. The minimum Gasteiger partial charge on any atom is -0.481 e. The van der Waals surface area contributed by atoms with Gasteiger partial charge in [-0.15, -0.1) is 0 Å². The molecule has 2 heteroatoms. The van der Waals surface area contributed by atoms with Crippen LogP contribution >= 0.6 is 0 Å². The third-order valence-electron chi connectivity index (χ3n) is 4.12. The lowest BCUT2D eigenvalue weighted by Gasteiger charge is -2.11. The fourth-order valence-electron chi connectivity index (χ4n) is 2.74. The molecule has 118 valence electrons. The first-order valence-corrected chi connectivity index (χ1v) is 8.50. The third-order valence-corrected chi connectivity index (χ3v) is 4.12. The zero-order chi connectivity index (χ0) is 15.3. The van der Waals surface area contributed by atoms with Gasteiger partial charge in [-0.2, -0.15) is 0 Å². The third kappa shape index (κ3) is 8.54. The van der Waals surface area contributed by atoms with Gasteiger partial charge in [0.2, 0.25) is 0 Å². The molecule has 0 saturated carbocycles. The molecular weight excluding hydrogens is 260 g/mol. The maximum Gasteiger partial charge on any atom is 0.306 e. The normalized spacial score (nSPS) is 12.2. The lowest BCUT2D eigenvalue weighted by atomic mass is 9.95. The predicted molar refractivity (Wildman–Crippen MR) is 88.5 cm³/mol. The zero-order valence-electron chi connectivity index (χ0n) is 13.4. The Bertz CT molecular complexity index is 372. The molecule has 0 aliphatic heterocycles. The van der Waals surface area contributed by atoms with Crippen LogP contribution in [0.3, 0.4) is 0 Å². The van der Waals surface area contributed by atoms with Gasteiger partial charge in [0.25, 0.3) is 0 Å². The Morgan fingerprint density at radius 3 is 2.24 bits per heavy atom. The van der Waals surface area contributed by atoms with Crippen LogP contribution in [0.4, 0.5) is 0 Å². The van der Waals surface area contributed by atoms with Crippen molar-refractivity contribution in [3.8, 4) is 0 Å². The summed E-state index contributed by atoms with van der Waals surface area (Å²) in [5, 5.41) is 9.17. The van der Waals surface area contributed by atoms with Crippen molar-refractivity contribution in [2.45, 2.75) is 71.1 Å². The second-order valence-corrected chi connectivity index (χ2v) is 5.97. The number of rotatable bonds is 12. The molecule has 1 rings (SSSR count). The van der Waals surface area contributed by atoms with Gasteiger partial charge >= 0.3 is 5.97 Å². The van der Waals surface area contributed by atoms with Crippen LogP contribution in [0.5, 0.6) is 0 Å². The summed E-state index contributed by atoms with van der Waals surface area (Å²) < 4.78 is 0. The van der Waals surface area contributed by atoms with Crippen LogP contribution in [-0.2, 0) is 11.2 Å². The standard InChI is InChI=1S/C19H30O2/c1-2-3-15-18(19(20)21)16-11-6-4-5-8-12-17-13-9-7-10-14-17/h7,9-10,13-14,18H,2-6,8,11-12,15-16H2,1H3,(H,20,21). The fourth-order valence-corrected chi connectivity index (χ4v) is 2.74. The van der Waals surface area contributed by atoms with E-state index in [1.54, 1.807) is 0 Å². The molecule has 0 fully saturated rings. The molecule has 1 N–H and O–H groups in total. The van der Waals surface area contributed by atoms with Crippen LogP contribution < -0.4 is 0 Å². The molecule has 0 amide bonds. The van der Waals surface area contributed by atoms with Crippen LogP contribution in [0, 0.1) is 5.92 Å². The Hall–Kier alpha value is -1.31. The van der Waals surface area contributed by atoms with E-state index >= 15 is 0 Å². The Balaban J connectivity index is 2.01. The highest BCUT2D eigenvalue weighted by Crippen LogP contribution is 2.18. The summed E-state index contributed by atoms with van der Waals surface area (Å²) in [5.74, 6) is -0.721. The first-order chi connectivity index (χ1) is 10.2. The number of aryl methyl sites for hydroxylation is 1. The van der Waals surface area contributed by atoms with E-state index in [0.29, 0.717) is 0 Å². The molecule has 0 aromatic heterocycles. The van der Waals surface area contributed by atoms with Gasteiger partial charge in [-0.05, 0) is 31.2 Å². The molecule has 1 aromatic rings. The minimum absolute atomic E-state index is 0.116. The summed E-state index contributed by atoms with van der Waals surface area (Å²) in [6, 6.07) is 10.6. The number of aliphatic carboxylic acids is 1. The predicted octanol–water partition coefficient (Wildman–Crippen LogP) is 5.46. The average molecular weight is 290 g/mol. The van der Waals surface area contributed by atoms with Gasteiger partial charge in [-0.3, -0.25) is 4.79 Å². The topological polar surface area (TPSA) is 37.3 Å². The van der Waals surface area contributed by atoms with Crippen molar-refractivity contribution in [2.75, 3.05) is 0 Å². The van der Waals surface area contributed by atoms with E-state index in [4.69, 9.17) is 5.11 Å². The number of benzene rings is 1. The monoisotopic (exact) mass is 290 g/mol.